The van der Waals surface area contributed by atoms with E-state index in [4.69, 9.17) is 0 Å². The monoisotopic (exact) mass is 245 g/mol. The van der Waals surface area contributed by atoms with Crippen molar-refractivity contribution in [2.24, 2.45) is 0 Å². The summed E-state index contributed by atoms with van der Waals surface area (Å²) in [5.41, 5.74) is 0. The van der Waals surface area contributed by atoms with E-state index in [9.17, 15) is 0 Å². The molecule has 0 amide bonds. The second-order valence-electron chi connectivity index (χ2n) is 2.28. The molecule has 0 bridgehead atoms. The zero-order valence-electron chi connectivity index (χ0n) is 7.10. The Bertz CT molecular complexity index is 29.5. The largest absolute Gasteiger partial charge is 0.346 e. The van der Waals surface area contributed by atoms with Crippen LogP contribution in [0, 0.1) is 6.92 Å². The first-order chi connectivity index (χ1) is 4.50. The van der Waals surface area contributed by atoms with Crippen molar-refractivity contribution in [1.29, 1.82) is 0 Å². The van der Waals surface area contributed by atoms with Gasteiger partial charge in [-0.1, -0.05) is 53.2 Å². The molecule has 0 aliphatic carbocycles. The smallest absolute Gasteiger partial charge is 0.109 e. The molecule has 2 heteroatoms. The SMILES string of the molecule is C.C.[B]1CCCCCC1.[CH2-]C.[Y]. The Morgan fingerprint density at radius 3 is 1.50 bits per heavy atom. The van der Waals surface area contributed by atoms with Gasteiger partial charge in [0.05, 0.1) is 0 Å². The van der Waals surface area contributed by atoms with Crippen molar-refractivity contribution < 1.29 is 32.7 Å². The Morgan fingerprint density at radius 1 is 0.833 bits per heavy atom. The van der Waals surface area contributed by atoms with Gasteiger partial charge in [-0.05, 0) is 0 Å². The molecule has 0 N–H and O–H groups in total. The van der Waals surface area contributed by atoms with Crippen LogP contribution < -0.4 is 0 Å². The van der Waals surface area contributed by atoms with Gasteiger partial charge < -0.3 is 6.92 Å². The Morgan fingerprint density at radius 2 is 1.17 bits per heavy atom. The van der Waals surface area contributed by atoms with E-state index in [-0.39, 0.29) is 47.6 Å². The number of hydrogen-bond donors (Lipinski definition) is 0. The van der Waals surface area contributed by atoms with E-state index >= 15 is 0 Å². The molecule has 0 spiro atoms. The van der Waals surface area contributed by atoms with Crippen LogP contribution in [0.15, 0.2) is 0 Å². The van der Waals surface area contributed by atoms with Crippen molar-refractivity contribution in [2.45, 2.75) is 60.1 Å². The van der Waals surface area contributed by atoms with Crippen LogP contribution in [0.1, 0.15) is 47.5 Å². The molecule has 1 rings (SSSR count). The van der Waals surface area contributed by atoms with Crippen LogP contribution in [0.3, 0.4) is 0 Å². The van der Waals surface area contributed by atoms with Gasteiger partial charge in [0.15, 0.2) is 0 Å². The molecule has 0 atom stereocenters. The molecule has 0 nitrogen and oxygen atoms in total. The third-order valence-electron chi connectivity index (χ3n) is 1.57. The van der Waals surface area contributed by atoms with Crippen LogP contribution in [0.5, 0.6) is 0 Å². The van der Waals surface area contributed by atoms with Crippen LogP contribution in [-0.2, 0) is 32.7 Å². The Labute approximate surface area is 106 Å². The summed E-state index contributed by atoms with van der Waals surface area (Å²) in [5, 5.41) is 0. The van der Waals surface area contributed by atoms with Crippen molar-refractivity contribution in [1.82, 2.24) is 0 Å². The van der Waals surface area contributed by atoms with Crippen molar-refractivity contribution in [3.05, 3.63) is 6.92 Å². The zero-order valence-corrected chi connectivity index (χ0v) is 9.94. The summed E-state index contributed by atoms with van der Waals surface area (Å²) >= 11 is 0. The molecule has 1 saturated heterocycles. The summed E-state index contributed by atoms with van der Waals surface area (Å²) in [7, 11) is 2.42. The first-order valence-electron chi connectivity index (χ1n) is 4.02. The molecule has 1 heterocycles. The Kier molecular flexibility index (Phi) is 44.0. The fourth-order valence-electron chi connectivity index (χ4n) is 1.08. The normalized spacial score (nSPS) is 13.8. The van der Waals surface area contributed by atoms with Gasteiger partial charge in [-0.15, -0.1) is 0 Å². The first-order valence-corrected chi connectivity index (χ1v) is 4.02. The van der Waals surface area contributed by atoms with Crippen LogP contribution in [0.4, 0.5) is 0 Å². The molecule has 0 aromatic carbocycles. The summed E-state index contributed by atoms with van der Waals surface area (Å²) in [4.78, 5) is 0. The molecule has 12 heavy (non-hydrogen) atoms. The van der Waals surface area contributed by atoms with Gasteiger partial charge in [0.1, 0.15) is 7.28 Å². The maximum absolute atomic E-state index is 3.25. The Balaban J connectivity index is -0.0000000600. The average Bonchev–Trinajstić information content (AvgIpc) is 2.21. The third-order valence-corrected chi connectivity index (χ3v) is 1.57. The summed E-state index contributed by atoms with van der Waals surface area (Å²) < 4.78 is 0. The average molecular weight is 245 g/mol. The zero-order chi connectivity index (χ0) is 6.95. The minimum atomic E-state index is 0. The molecular weight excluding hydrogens is 220 g/mol. The molecule has 72 valence electrons. The van der Waals surface area contributed by atoms with Gasteiger partial charge in [-0.3, -0.25) is 0 Å². The second-order valence-corrected chi connectivity index (χ2v) is 2.28. The standard InChI is InChI=1S/C6H12B.C2H5.2CH4.Y/c1-2-4-6-7-5-3-1;1-2;;;/h1-6H2;1H2,2H3;2*1H4;/q;-1;;;. The summed E-state index contributed by atoms with van der Waals surface area (Å²) in [6.45, 7) is 5.00. The van der Waals surface area contributed by atoms with Crippen molar-refractivity contribution in [3.8, 4) is 0 Å². The van der Waals surface area contributed by atoms with Gasteiger partial charge in [0.25, 0.3) is 0 Å². The van der Waals surface area contributed by atoms with Crippen molar-refractivity contribution in [3.63, 3.8) is 0 Å². The van der Waals surface area contributed by atoms with Gasteiger partial charge in [0, 0.05) is 32.7 Å². The second kappa shape index (κ2) is 22.7. The fraction of sp³-hybridized carbons (Fsp3) is 0.900. The van der Waals surface area contributed by atoms with Gasteiger partial charge >= 0.3 is 0 Å². The van der Waals surface area contributed by atoms with Gasteiger partial charge in [-0.25, -0.2) is 0 Å². The molecule has 0 unspecified atom stereocenters. The summed E-state index contributed by atoms with van der Waals surface area (Å²) in [6.07, 6.45) is 8.58. The van der Waals surface area contributed by atoms with E-state index in [1.807, 2.05) is 0 Å². The molecule has 0 saturated carbocycles. The van der Waals surface area contributed by atoms with E-state index in [1.165, 1.54) is 38.3 Å². The van der Waals surface area contributed by atoms with E-state index < -0.39 is 0 Å². The number of rotatable bonds is 0. The summed E-state index contributed by atoms with van der Waals surface area (Å²) in [5.74, 6) is 0. The summed E-state index contributed by atoms with van der Waals surface area (Å²) in [6, 6.07) is 0. The molecule has 2 radical (unpaired) electrons. The maximum Gasteiger partial charge on any atom is 0.109 e. The Hall–Kier alpha value is 1.17. The molecule has 1 fully saturated rings. The molecule has 1 aliphatic heterocycles. The fourth-order valence-corrected chi connectivity index (χ4v) is 1.08. The van der Waals surface area contributed by atoms with Gasteiger partial charge in [-0.2, -0.15) is 6.92 Å². The predicted molar refractivity (Wildman–Crippen MR) is 58.3 cm³/mol. The van der Waals surface area contributed by atoms with E-state index in [2.05, 4.69) is 14.2 Å². The molecule has 0 aromatic heterocycles. The van der Waals surface area contributed by atoms with Crippen LogP contribution in [0.2, 0.25) is 12.6 Å². The quantitative estimate of drug-likeness (QED) is 0.443. The van der Waals surface area contributed by atoms with Crippen molar-refractivity contribution in [2.75, 3.05) is 0 Å². The van der Waals surface area contributed by atoms with E-state index in [0.717, 1.165) is 0 Å². The van der Waals surface area contributed by atoms with E-state index in [1.54, 1.807) is 6.92 Å². The van der Waals surface area contributed by atoms with Gasteiger partial charge in [0.2, 0.25) is 0 Å². The van der Waals surface area contributed by atoms with Crippen molar-refractivity contribution >= 4 is 7.28 Å². The maximum atomic E-state index is 3.25. The first kappa shape index (κ1) is 23.2. The third kappa shape index (κ3) is 17.3. The minimum absolute atomic E-state index is 0. The number of hydrogen-bond acceptors (Lipinski definition) is 0. The van der Waals surface area contributed by atoms with Crippen LogP contribution in [-0.4, -0.2) is 7.28 Å². The van der Waals surface area contributed by atoms with Crippen LogP contribution in [0.25, 0.3) is 0 Å². The molecule has 0 aromatic rings. The molecular formula is C10H25BY-. The topological polar surface area (TPSA) is 0 Å². The molecule has 1 aliphatic rings. The van der Waals surface area contributed by atoms with E-state index in [0.29, 0.717) is 0 Å². The predicted octanol–water partition coefficient (Wildman–Crippen LogP) is 4.21. The minimum Gasteiger partial charge on any atom is -0.346 e. The van der Waals surface area contributed by atoms with Crippen LogP contribution >= 0.6 is 0 Å².